The summed E-state index contributed by atoms with van der Waals surface area (Å²) in [5.41, 5.74) is 2.98. The molecule has 3 heterocycles. The van der Waals surface area contributed by atoms with Crippen molar-refractivity contribution in [3.8, 4) is 0 Å². The quantitative estimate of drug-likeness (QED) is 0.790. The highest BCUT2D eigenvalue weighted by molar-refractivity contribution is 7.07. The van der Waals surface area contributed by atoms with Crippen LogP contribution in [0.5, 0.6) is 0 Å². The second kappa shape index (κ2) is 5.24. The molecule has 3 nitrogen and oxygen atoms in total. The number of thiophene rings is 1. The minimum Gasteiger partial charge on any atom is -0.341 e. The fraction of sp³-hybridized carbons (Fsp3) is 0.312. The summed E-state index contributed by atoms with van der Waals surface area (Å²) in [5.74, 6) is 0.739. The van der Waals surface area contributed by atoms with Gasteiger partial charge in [0.25, 0.3) is 0 Å². The summed E-state index contributed by atoms with van der Waals surface area (Å²) in [6.45, 7) is 2.05. The summed E-state index contributed by atoms with van der Waals surface area (Å²) >= 11 is 1.73. The molecule has 1 aliphatic rings. The van der Waals surface area contributed by atoms with Crippen LogP contribution in [0.3, 0.4) is 0 Å². The highest BCUT2D eigenvalue weighted by Crippen LogP contribution is 2.32. The molecule has 3 aromatic rings. The van der Waals surface area contributed by atoms with Gasteiger partial charge in [-0.3, -0.25) is 4.90 Å². The molecule has 0 bridgehead atoms. The second-order valence-corrected chi connectivity index (χ2v) is 6.32. The maximum Gasteiger partial charge on any atom is 0.125 e. The van der Waals surface area contributed by atoms with Gasteiger partial charge in [-0.2, -0.15) is 11.3 Å². The third-order valence-corrected chi connectivity index (χ3v) is 4.84. The van der Waals surface area contributed by atoms with E-state index in [2.05, 4.69) is 31.7 Å². The Kier molecular flexibility index (Phi) is 3.24. The van der Waals surface area contributed by atoms with Gasteiger partial charge in [0.05, 0.1) is 17.1 Å². The van der Waals surface area contributed by atoms with Crippen LogP contribution in [0.1, 0.15) is 30.3 Å². The molecule has 1 fully saturated rings. The summed E-state index contributed by atoms with van der Waals surface area (Å²) in [6, 6.07) is 7.20. The van der Waals surface area contributed by atoms with Crippen LogP contribution in [0.25, 0.3) is 11.0 Å². The van der Waals surface area contributed by atoms with Gasteiger partial charge in [-0.25, -0.2) is 9.37 Å². The number of nitrogens with one attached hydrogen (secondary N) is 1. The van der Waals surface area contributed by atoms with Crippen LogP contribution < -0.4 is 0 Å². The second-order valence-electron chi connectivity index (χ2n) is 5.54. The topological polar surface area (TPSA) is 31.9 Å². The highest BCUT2D eigenvalue weighted by atomic mass is 32.1. The molecule has 0 aliphatic carbocycles. The lowest BCUT2D eigenvalue weighted by atomic mass is 10.2. The van der Waals surface area contributed by atoms with Crippen molar-refractivity contribution in [3.63, 3.8) is 0 Å². The summed E-state index contributed by atoms with van der Waals surface area (Å²) in [7, 11) is 0. The Morgan fingerprint density at radius 2 is 2.33 bits per heavy atom. The van der Waals surface area contributed by atoms with Crippen molar-refractivity contribution in [2.24, 2.45) is 0 Å². The fourth-order valence-corrected chi connectivity index (χ4v) is 3.76. The van der Waals surface area contributed by atoms with Crippen LogP contribution in [0, 0.1) is 5.82 Å². The Labute approximate surface area is 126 Å². The molecule has 0 saturated carbocycles. The predicted octanol–water partition coefficient (Wildman–Crippen LogP) is 4.10. The number of hydrogen-bond donors (Lipinski definition) is 1. The van der Waals surface area contributed by atoms with Crippen LogP contribution in [-0.2, 0) is 6.54 Å². The zero-order valence-corrected chi connectivity index (χ0v) is 12.4. The molecule has 1 aromatic carbocycles. The number of aromatic amines is 1. The molecule has 1 atom stereocenters. The molecular weight excluding hydrogens is 285 g/mol. The first kappa shape index (κ1) is 13.0. The molecule has 0 spiro atoms. The van der Waals surface area contributed by atoms with Crippen molar-refractivity contribution >= 4 is 22.4 Å². The smallest absolute Gasteiger partial charge is 0.125 e. The van der Waals surface area contributed by atoms with Crippen molar-refractivity contribution < 1.29 is 4.39 Å². The van der Waals surface area contributed by atoms with E-state index in [0.29, 0.717) is 6.04 Å². The van der Waals surface area contributed by atoms with E-state index < -0.39 is 0 Å². The van der Waals surface area contributed by atoms with Gasteiger partial charge in [-0.05, 0) is 60.0 Å². The summed E-state index contributed by atoms with van der Waals surface area (Å²) in [6.07, 6.45) is 2.28. The lowest BCUT2D eigenvalue weighted by molar-refractivity contribution is 0.241. The molecule has 1 saturated heterocycles. The molecule has 5 heteroatoms. The van der Waals surface area contributed by atoms with Gasteiger partial charge >= 0.3 is 0 Å². The Hall–Kier alpha value is -1.72. The number of hydrogen-bond acceptors (Lipinski definition) is 3. The lowest BCUT2D eigenvalue weighted by Crippen LogP contribution is -2.23. The number of fused-ring (bicyclic) bond motifs is 1. The zero-order valence-electron chi connectivity index (χ0n) is 11.6. The van der Waals surface area contributed by atoms with Crippen molar-refractivity contribution in [1.29, 1.82) is 0 Å². The molecule has 0 amide bonds. The molecule has 1 aliphatic heterocycles. The standard InChI is InChI=1S/C16H16FN3S/c17-12-3-4-13-14(8-12)19-16(18-13)15-2-1-6-20(15)9-11-5-7-21-10-11/h3-5,7-8,10,15H,1-2,6,9H2,(H,18,19)/t15-/m1/s1. The Balaban J connectivity index is 1.63. The summed E-state index contributed by atoms with van der Waals surface area (Å²) < 4.78 is 13.3. The molecule has 2 aromatic heterocycles. The van der Waals surface area contributed by atoms with Crippen molar-refractivity contribution in [2.45, 2.75) is 25.4 Å². The molecule has 0 radical (unpaired) electrons. The molecule has 0 unspecified atom stereocenters. The van der Waals surface area contributed by atoms with E-state index in [1.807, 2.05) is 0 Å². The largest absolute Gasteiger partial charge is 0.341 e. The van der Waals surface area contributed by atoms with Crippen LogP contribution in [0.2, 0.25) is 0 Å². The third-order valence-electron chi connectivity index (χ3n) is 4.11. The number of H-pyrrole nitrogens is 1. The van der Waals surface area contributed by atoms with Crippen molar-refractivity contribution in [1.82, 2.24) is 14.9 Å². The predicted molar refractivity (Wildman–Crippen MR) is 82.8 cm³/mol. The fourth-order valence-electron chi connectivity index (χ4n) is 3.10. The Bertz CT molecular complexity index is 750. The van der Waals surface area contributed by atoms with Gasteiger partial charge in [-0.15, -0.1) is 0 Å². The molecule has 21 heavy (non-hydrogen) atoms. The average Bonchev–Trinajstić information content (AvgIpc) is 3.18. The maximum absolute atomic E-state index is 13.3. The number of nitrogens with zero attached hydrogens (tertiary/aromatic N) is 2. The average molecular weight is 301 g/mol. The van der Waals surface area contributed by atoms with Crippen LogP contribution >= 0.6 is 11.3 Å². The summed E-state index contributed by atoms with van der Waals surface area (Å²) in [4.78, 5) is 10.4. The van der Waals surface area contributed by atoms with Gasteiger partial charge in [0, 0.05) is 6.54 Å². The van der Waals surface area contributed by atoms with E-state index in [1.165, 1.54) is 24.1 Å². The first-order chi connectivity index (χ1) is 10.3. The van der Waals surface area contributed by atoms with E-state index in [9.17, 15) is 4.39 Å². The van der Waals surface area contributed by atoms with Gasteiger partial charge in [-0.1, -0.05) is 0 Å². The monoisotopic (exact) mass is 301 g/mol. The van der Waals surface area contributed by atoms with E-state index >= 15 is 0 Å². The summed E-state index contributed by atoms with van der Waals surface area (Å²) in [5, 5.41) is 4.31. The third kappa shape index (κ3) is 2.47. The van der Waals surface area contributed by atoms with Crippen LogP contribution in [0.15, 0.2) is 35.0 Å². The first-order valence-corrected chi connectivity index (χ1v) is 8.14. The van der Waals surface area contributed by atoms with Gasteiger partial charge in [0.2, 0.25) is 0 Å². The minimum absolute atomic E-state index is 0.223. The first-order valence-electron chi connectivity index (χ1n) is 7.20. The molecule has 4 rings (SSSR count). The number of aromatic nitrogens is 2. The van der Waals surface area contributed by atoms with Crippen molar-refractivity contribution in [3.05, 3.63) is 52.2 Å². The Morgan fingerprint density at radius 1 is 1.38 bits per heavy atom. The van der Waals surface area contributed by atoms with Gasteiger partial charge in [0.15, 0.2) is 0 Å². The zero-order chi connectivity index (χ0) is 14.2. The van der Waals surface area contributed by atoms with Crippen LogP contribution in [0.4, 0.5) is 4.39 Å². The van der Waals surface area contributed by atoms with E-state index in [4.69, 9.17) is 0 Å². The number of halogens is 1. The molecule has 108 valence electrons. The molecular formula is C16H16FN3S. The number of rotatable bonds is 3. The van der Waals surface area contributed by atoms with Crippen molar-refractivity contribution in [2.75, 3.05) is 6.54 Å². The SMILES string of the molecule is Fc1ccc2nc([C@H]3CCCN3Cc3ccsc3)[nH]c2c1. The van der Waals surface area contributed by atoms with Gasteiger partial charge < -0.3 is 4.98 Å². The van der Waals surface area contributed by atoms with E-state index in [0.717, 1.165) is 36.4 Å². The Morgan fingerprint density at radius 3 is 3.19 bits per heavy atom. The van der Waals surface area contributed by atoms with E-state index in [-0.39, 0.29) is 5.82 Å². The van der Waals surface area contributed by atoms with Crippen LogP contribution in [-0.4, -0.2) is 21.4 Å². The number of benzene rings is 1. The maximum atomic E-state index is 13.3. The number of likely N-dealkylation sites (tertiary alicyclic amines) is 1. The normalized spacial score (nSPS) is 19.6. The lowest BCUT2D eigenvalue weighted by Gasteiger charge is -2.22. The molecule has 1 N–H and O–H groups in total. The van der Waals surface area contributed by atoms with Gasteiger partial charge in [0.1, 0.15) is 11.6 Å². The van der Waals surface area contributed by atoms with E-state index in [1.54, 1.807) is 17.4 Å². The number of imidazole rings is 1. The minimum atomic E-state index is -0.223. The highest BCUT2D eigenvalue weighted by Gasteiger charge is 2.28.